The summed E-state index contributed by atoms with van der Waals surface area (Å²) in [5.74, 6) is 0.541. The molecule has 2 heterocycles. The van der Waals surface area contributed by atoms with Crippen molar-refractivity contribution in [1.29, 1.82) is 0 Å². The van der Waals surface area contributed by atoms with E-state index < -0.39 is 0 Å². The molecule has 2 aliphatic rings. The maximum atomic E-state index is 11.5. The lowest BCUT2D eigenvalue weighted by molar-refractivity contribution is -0.167. The van der Waals surface area contributed by atoms with E-state index in [-0.39, 0.29) is 48.3 Å². The Hall–Kier alpha value is -1.47. The number of hydrogen-bond acceptors (Lipinski definition) is 6. The molecule has 0 aromatic rings. The number of allylic oxidation sites excluding steroid dienone is 3. The van der Waals surface area contributed by atoms with Gasteiger partial charge in [-0.2, -0.15) is 5.06 Å². The molecule has 0 aromatic heterocycles. The zero-order valence-electron chi connectivity index (χ0n) is 23.0. The average molecular weight is 492 g/mol. The fraction of sp³-hybridized carbons (Fsp3) is 0.759. The molecule has 2 aliphatic heterocycles. The van der Waals surface area contributed by atoms with Crippen molar-refractivity contribution in [1.82, 2.24) is 5.06 Å². The van der Waals surface area contributed by atoms with E-state index >= 15 is 0 Å². The lowest BCUT2D eigenvalue weighted by atomic mass is 9.92. The molecule has 8 atom stereocenters. The minimum Gasteiger partial charge on any atom is -0.458 e. The summed E-state index contributed by atoms with van der Waals surface area (Å²) < 4.78 is 11.4. The lowest BCUT2D eigenvalue weighted by Gasteiger charge is -2.32. The second-order valence-corrected chi connectivity index (χ2v) is 10.5. The Bertz CT molecular complexity index is 733. The number of ether oxygens (including phenoxy) is 2. The highest BCUT2D eigenvalue weighted by molar-refractivity contribution is 5.66. The number of aliphatic hydroxyl groups is 1. The van der Waals surface area contributed by atoms with Crippen molar-refractivity contribution in [2.75, 3.05) is 13.7 Å². The Balaban J connectivity index is 2.01. The largest absolute Gasteiger partial charge is 0.458 e. The fourth-order valence-corrected chi connectivity index (χ4v) is 5.10. The molecular weight excluding hydrogens is 442 g/mol. The molecule has 1 fully saturated rings. The molecule has 0 radical (unpaired) electrons. The maximum absolute atomic E-state index is 11.5. The van der Waals surface area contributed by atoms with Gasteiger partial charge in [-0.15, -0.1) is 0 Å². The van der Waals surface area contributed by atoms with Crippen molar-refractivity contribution in [2.24, 2.45) is 17.8 Å². The predicted octanol–water partition coefficient (Wildman–Crippen LogP) is 5.62. The summed E-state index contributed by atoms with van der Waals surface area (Å²) in [7, 11) is 2.00. The van der Waals surface area contributed by atoms with Crippen LogP contribution in [-0.4, -0.2) is 60.3 Å². The van der Waals surface area contributed by atoms with Crippen LogP contribution >= 0.6 is 0 Å². The molecule has 35 heavy (non-hydrogen) atoms. The molecule has 1 N–H and O–H groups in total. The molecule has 6 heteroatoms. The highest BCUT2D eigenvalue weighted by Crippen LogP contribution is 2.36. The number of epoxide rings is 1. The topological polar surface area (TPSA) is 71.5 Å². The number of rotatable bonds is 9. The maximum Gasteiger partial charge on any atom is 0.303 e. The third-order valence-corrected chi connectivity index (χ3v) is 7.30. The lowest BCUT2D eigenvalue weighted by Crippen LogP contribution is -2.38. The van der Waals surface area contributed by atoms with Crippen molar-refractivity contribution >= 4 is 5.97 Å². The molecule has 0 spiro atoms. The average Bonchev–Trinajstić information content (AvgIpc) is 3.56. The number of likely N-dealkylation sites (N-methyl/N-ethyl adjacent to an activating group) is 1. The highest BCUT2D eigenvalue weighted by atomic mass is 16.7. The van der Waals surface area contributed by atoms with Crippen molar-refractivity contribution in [3.05, 3.63) is 36.0 Å². The third-order valence-electron chi connectivity index (χ3n) is 7.30. The van der Waals surface area contributed by atoms with Gasteiger partial charge in [-0.3, -0.25) is 9.63 Å². The fourth-order valence-electron chi connectivity index (χ4n) is 5.10. The van der Waals surface area contributed by atoms with Crippen LogP contribution in [0, 0.1) is 17.8 Å². The predicted molar refractivity (Wildman–Crippen MR) is 141 cm³/mol. The zero-order valence-corrected chi connectivity index (χ0v) is 23.0. The molecule has 200 valence electrons. The normalized spacial score (nSPS) is 32.8. The Morgan fingerprint density at radius 1 is 1.23 bits per heavy atom. The zero-order chi connectivity index (χ0) is 26.0. The third kappa shape index (κ3) is 10.2. The van der Waals surface area contributed by atoms with Crippen LogP contribution in [0.15, 0.2) is 36.0 Å². The first-order valence-electron chi connectivity index (χ1n) is 13.5. The van der Waals surface area contributed by atoms with E-state index in [1.165, 1.54) is 12.5 Å². The van der Waals surface area contributed by atoms with Crippen LogP contribution in [0.4, 0.5) is 0 Å². The van der Waals surface area contributed by atoms with E-state index in [9.17, 15) is 9.90 Å². The number of hydroxylamine groups is 2. The smallest absolute Gasteiger partial charge is 0.303 e. The van der Waals surface area contributed by atoms with Gasteiger partial charge in [0.05, 0.1) is 31.0 Å². The quantitative estimate of drug-likeness (QED) is 0.195. The second kappa shape index (κ2) is 14.9. The monoisotopic (exact) mass is 491 g/mol. The minimum atomic E-state index is -0.285. The Kier molecular flexibility index (Phi) is 12.7. The highest BCUT2D eigenvalue weighted by Gasteiger charge is 2.44. The van der Waals surface area contributed by atoms with Crippen LogP contribution in [-0.2, 0) is 19.1 Å². The first-order chi connectivity index (χ1) is 16.6. The second-order valence-electron chi connectivity index (χ2n) is 10.5. The molecule has 1 unspecified atom stereocenters. The Morgan fingerprint density at radius 3 is 2.66 bits per heavy atom. The number of nitrogens with zero attached hydrogens (tertiary/aromatic N) is 1. The molecule has 2 rings (SSSR count). The van der Waals surface area contributed by atoms with Gasteiger partial charge in [0.1, 0.15) is 6.10 Å². The van der Waals surface area contributed by atoms with Crippen molar-refractivity contribution in [3.63, 3.8) is 0 Å². The molecule has 0 bridgehead atoms. The summed E-state index contributed by atoms with van der Waals surface area (Å²) in [6.45, 7) is 12.8. The summed E-state index contributed by atoms with van der Waals surface area (Å²) in [6.07, 6.45) is 16.4. The van der Waals surface area contributed by atoms with Crippen LogP contribution in [0.3, 0.4) is 0 Å². The Morgan fingerprint density at radius 2 is 1.97 bits per heavy atom. The minimum absolute atomic E-state index is 0.0798. The van der Waals surface area contributed by atoms with Gasteiger partial charge >= 0.3 is 5.97 Å². The van der Waals surface area contributed by atoms with E-state index in [0.717, 1.165) is 38.5 Å². The van der Waals surface area contributed by atoms with E-state index in [4.69, 9.17) is 14.3 Å². The standard InChI is InChI=1S/C29H49NO5/c1-8-26(32)23(5)29-27(35-29)19-20(2)13-12-14-21(3)28-22(4)16-17-25(34-24(6)31)15-10-9-11-18-33-30(28)7/h12-14,16-17,20,22-23,25-29,32H,8-11,15,18-19H2,1-7H3/b13-12+,17-16+,21-14+/t20-,22+,23-,25?,26+,27-,28-,29-/m1/s1. The number of hydrogen-bond donors (Lipinski definition) is 1. The number of carbonyl (C=O) groups is 1. The van der Waals surface area contributed by atoms with Gasteiger partial charge in [0.2, 0.25) is 0 Å². The summed E-state index contributed by atoms with van der Waals surface area (Å²) in [5.41, 5.74) is 1.22. The van der Waals surface area contributed by atoms with Gasteiger partial charge in [0, 0.05) is 19.9 Å². The molecule has 0 aromatic carbocycles. The van der Waals surface area contributed by atoms with Crippen molar-refractivity contribution in [2.45, 2.75) is 111 Å². The summed E-state index contributed by atoms with van der Waals surface area (Å²) >= 11 is 0. The van der Waals surface area contributed by atoms with E-state index in [1.54, 1.807) is 0 Å². The summed E-state index contributed by atoms with van der Waals surface area (Å²) in [4.78, 5) is 17.6. The molecule has 0 amide bonds. The molecule has 0 aliphatic carbocycles. The van der Waals surface area contributed by atoms with Crippen LogP contribution < -0.4 is 0 Å². The first kappa shape index (κ1) is 29.8. The summed E-state index contributed by atoms with van der Waals surface area (Å²) in [5, 5.41) is 12.0. The number of carbonyl (C=O) groups excluding carboxylic acids is 1. The van der Waals surface area contributed by atoms with E-state index in [1.807, 2.05) is 25.1 Å². The first-order valence-corrected chi connectivity index (χ1v) is 13.5. The van der Waals surface area contributed by atoms with Crippen LogP contribution in [0.25, 0.3) is 0 Å². The van der Waals surface area contributed by atoms with Crippen LogP contribution in [0.5, 0.6) is 0 Å². The van der Waals surface area contributed by atoms with E-state index in [2.05, 4.69) is 52.0 Å². The number of aliphatic hydroxyl groups excluding tert-OH is 1. The molecule has 6 nitrogen and oxygen atoms in total. The SMILES string of the molecule is CC[C@H](O)[C@@H](C)[C@H]1O[C@@H]1C[C@H](C)/C=C/C=C(\C)[C@@H]1[C@@H](C)/C=C/C(OC(C)=O)CCCCCON1C. The Labute approximate surface area is 213 Å². The van der Waals surface area contributed by atoms with Crippen LogP contribution in [0.1, 0.15) is 80.1 Å². The summed E-state index contributed by atoms with van der Waals surface area (Å²) in [6, 6.07) is 0.0798. The van der Waals surface area contributed by atoms with Gasteiger partial charge in [0.25, 0.3) is 0 Å². The van der Waals surface area contributed by atoms with Crippen molar-refractivity contribution < 1.29 is 24.2 Å². The molecule has 1 saturated heterocycles. The van der Waals surface area contributed by atoms with Gasteiger partial charge in [-0.25, -0.2) is 0 Å². The molecule has 0 saturated carbocycles. The van der Waals surface area contributed by atoms with Crippen molar-refractivity contribution in [3.8, 4) is 0 Å². The van der Waals surface area contributed by atoms with Crippen LogP contribution in [0.2, 0.25) is 0 Å². The van der Waals surface area contributed by atoms with E-state index in [0.29, 0.717) is 12.5 Å². The van der Waals surface area contributed by atoms with Gasteiger partial charge in [0.15, 0.2) is 0 Å². The molecular formula is C29H49NO5. The number of esters is 1. The van der Waals surface area contributed by atoms with Gasteiger partial charge < -0.3 is 14.6 Å². The van der Waals surface area contributed by atoms with Gasteiger partial charge in [-0.05, 0) is 56.9 Å². The van der Waals surface area contributed by atoms with Gasteiger partial charge in [-0.1, -0.05) is 64.0 Å².